The van der Waals surface area contributed by atoms with Crippen LogP contribution in [0.3, 0.4) is 0 Å². The van der Waals surface area contributed by atoms with Crippen molar-refractivity contribution >= 4 is 44.9 Å². The highest BCUT2D eigenvalue weighted by Gasteiger charge is 2.11. The Morgan fingerprint density at radius 2 is 1.23 bits per heavy atom. The summed E-state index contributed by atoms with van der Waals surface area (Å²) in [4.78, 5) is 12.4. The van der Waals surface area contributed by atoms with Gasteiger partial charge in [-0.25, -0.2) is 5.43 Å². The molecule has 0 atom stereocenters. The van der Waals surface area contributed by atoms with E-state index in [0.29, 0.717) is 32.4 Å². The number of hydrogen-bond acceptors (Lipinski definition) is 5. The Kier molecular flexibility index (Phi) is 6.77. The van der Waals surface area contributed by atoms with Gasteiger partial charge in [-0.3, -0.25) is 4.79 Å². The summed E-state index contributed by atoms with van der Waals surface area (Å²) in [5.74, 6) is -0.239. The Balaban J connectivity index is 1.92. The molecule has 1 amide bonds. The Bertz CT molecular complexity index is 1180. The van der Waals surface area contributed by atoms with Crippen LogP contribution in [0.2, 0.25) is 10.0 Å². The van der Waals surface area contributed by atoms with Gasteiger partial charge < -0.3 is 4.18 Å². The predicted octanol–water partition coefficient (Wildman–Crippen LogP) is 4.51. The summed E-state index contributed by atoms with van der Waals surface area (Å²) in [6.45, 7) is 0. The molecule has 1 N–H and O–H groups in total. The number of carbonyl (C=O) groups excluding carboxylic acids is 1. The molecule has 0 aliphatic carbocycles. The van der Waals surface area contributed by atoms with Crippen molar-refractivity contribution in [2.45, 2.75) is 0 Å². The summed E-state index contributed by atoms with van der Waals surface area (Å²) in [5, 5.41) is 5.36. The number of benzene rings is 3. The number of halogens is 2. The van der Waals surface area contributed by atoms with Gasteiger partial charge in [0.25, 0.3) is 5.91 Å². The topological polar surface area (TPSA) is 84.8 Å². The Morgan fingerprint density at radius 1 is 0.800 bits per heavy atom. The third-order valence-electron chi connectivity index (χ3n) is 3.87. The van der Waals surface area contributed by atoms with Crippen molar-refractivity contribution < 1.29 is 17.4 Å². The molecular weight excluding hydrogens is 447 g/mol. The number of amides is 1. The summed E-state index contributed by atoms with van der Waals surface area (Å²) in [5.41, 5.74) is 4.72. The highest BCUT2D eigenvalue weighted by Crippen LogP contribution is 2.19. The smallest absolute Gasteiger partial charge is 0.306 e. The molecule has 0 unspecified atom stereocenters. The van der Waals surface area contributed by atoms with E-state index in [2.05, 4.69) is 10.5 Å². The van der Waals surface area contributed by atoms with Gasteiger partial charge >= 0.3 is 10.1 Å². The second-order valence-corrected chi connectivity index (χ2v) is 8.67. The Hall–Kier alpha value is -2.87. The molecule has 0 radical (unpaired) electrons. The van der Waals surface area contributed by atoms with Crippen LogP contribution in [0.15, 0.2) is 77.9 Å². The van der Waals surface area contributed by atoms with Crippen LogP contribution in [-0.4, -0.2) is 26.3 Å². The molecule has 3 aromatic carbocycles. The van der Waals surface area contributed by atoms with Gasteiger partial charge in [0.2, 0.25) is 0 Å². The molecule has 3 rings (SSSR count). The molecule has 3 aromatic rings. The SMILES string of the molecule is CS(=O)(=O)Oc1ccc(C(=NNC(=O)c2ccc(Cl)cc2)c2ccc(Cl)cc2)cc1. The number of nitrogens with zero attached hydrogens (tertiary/aromatic N) is 1. The normalized spacial score (nSPS) is 11.8. The van der Waals surface area contributed by atoms with Crippen molar-refractivity contribution in [3.8, 4) is 5.75 Å². The monoisotopic (exact) mass is 462 g/mol. The minimum atomic E-state index is -3.63. The fourth-order valence-electron chi connectivity index (χ4n) is 2.52. The first kappa shape index (κ1) is 21.8. The standard InChI is InChI=1S/C21H16Cl2N2O4S/c1-30(27,28)29-19-12-6-15(7-13-19)20(14-2-8-17(22)9-3-14)24-25-21(26)16-4-10-18(23)11-5-16/h2-13H,1H3,(H,25,26). The summed E-state index contributed by atoms with van der Waals surface area (Å²) in [7, 11) is -3.63. The predicted molar refractivity (Wildman–Crippen MR) is 118 cm³/mol. The van der Waals surface area contributed by atoms with E-state index >= 15 is 0 Å². The minimum absolute atomic E-state index is 0.168. The first-order valence-electron chi connectivity index (χ1n) is 8.61. The maximum Gasteiger partial charge on any atom is 0.306 e. The zero-order valence-corrected chi connectivity index (χ0v) is 18.0. The number of nitrogens with one attached hydrogen (secondary N) is 1. The van der Waals surface area contributed by atoms with Gasteiger partial charge in [-0.2, -0.15) is 13.5 Å². The molecule has 30 heavy (non-hydrogen) atoms. The third kappa shape index (κ3) is 6.06. The van der Waals surface area contributed by atoms with Gasteiger partial charge in [-0.1, -0.05) is 35.3 Å². The molecule has 0 bridgehead atoms. The van der Waals surface area contributed by atoms with Crippen molar-refractivity contribution in [1.29, 1.82) is 0 Å². The van der Waals surface area contributed by atoms with Crippen molar-refractivity contribution in [1.82, 2.24) is 5.43 Å². The van der Waals surface area contributed by atoms with E-state index in [-0.39, 0.29) is 5.75 Å². The lowest BCUT2D eigenvalue weighted by atomic mass is 10.0. The summed E-state index contributed by atoms with van der Waals surface area (Å²) in [6, 6.07) is 19.6. The first-order chi connectivity index (χ1) is 14.2. The lowest BCUT2D eigenvalue weighted by molar-refractivity contribution is 0.0955. The second-order valence-electron chi connectivity index (χ2n) is 6.23. The van der Waals surface area contributed by atoms with Crippen LogP contribution in [0, 0.1) is 0 Å². The number of hydrogen-bond donors (Lipinski definition) is 1. The van der Waals surface area contributed by atoms with E-state index in [1.165, 1.54) is 12.1 Å². The van der Waals surface area contributed by atoms with Crippen LogP contribution in [-0.2, 0) is 10.1 Å². The molecule has 9 heteroatoms. The van der Waals surface area contributed by atoms with Crippen molar-refractivity contribution in [2.24, 2.45) is 5.10 Å². The van der Waals surface area contributed by atoms with Crippen LogP contribution in [0.1, 0.15) is 21.5 Å². The van der Waals surface area contributed by atoms with Gasteiger partial charge in [0.15, 0.2) is 0 Å². The van der Waals surface area contributed by atoms with Gasteiger partial charge in [0.1, 0.15) is 5.75 Å². The van der Waals surface area contributed by atoms with E-state index < -0.39 is 16.0 Å². The van der Waals surface area contributed by atoms with E-state index in [9.17, 15) is 13.2 Å². The van der Waals surface area contributed by atoms with E-state index in [4.69, 9.17) is 27.4 Å². The Morgan fingerprint density at radius 3 is 1.70 bits per heavy atom. The van der Waals surface area contributed by atoms with E-state index in [1.807, 2.05) is 0 Å². The maximum absolute atomic E-state index is 12.4. The van der Waals surface area contributed by atoms with Gasteiger partial charge in [-0.15, -0.1) is 0 Å². The molecule has 0 heterocycles. The Labute approximate surface area is 184 Å². The van der Waals surface area contributed by atoms with Crippen LogP contribution < -0.4 is 9.61 Å². The summed E-state index contributed by atoms with van der Waals surface area (Å²) >= 11 is 11.8. The summed E-state index contributed by atoms with van der Waals surface area (Å²) < 4.78 is 27.4. The fraction of sp³-hybridized carbons (Fsp3) is 0.0476. The lowest BCUT2D eigenvalue weighted by Gasteiger charge is -2.10. The number of hydrazone groups is 1. The molecule has 0 fully saturated rings. The maximum atomic E-state index is 12.4. The summed E-state index contributed by atoms with van der Waals surface area (Å²) in [6.07, 6.45) is 0.966. The second kappa shape index (κ2) is 9.30. The highest BCUT2D eigenvalue weighted by molar-refractivity contribution is 7.86. The van der Waals surface area contributed by atoms with Crippen LogP contribution in [0.4, 0.5) is 0 Å². The molecule has 0 aliphatic heterocycles. The van der Waals surface area contributed by atoms with Crippen LogP contribution in [0.5, 0.6) is 5.75 Å². The molecule has 6 nitrogen and oxygen atoms in total. The van der Waals surface area contributed by atoms with Gasteiger partial charge in [0.05, 0.1) is 12.0 Å². The van der Waals surface area contributed by atoms with E-state index in [1.54, 1.807) is 60.7 Å². The third-order valence-corrected chi connectivity index (χ3v) is 4.87. The van der Waals surface area contributed by atoms with Gasteiger partial charge in [-0.05, 0) is 60.7 Å². The minimum Gasteiger partial charge on any atom is -0.383 e. The zero-order chi connectivity index (χ0) is 21.7. The average molecular weight is 463 g/mol. The first-order valence-corrected chi connectivity index (χ1v) is 11.2. The highest BCUT2D eigenvalue weighted by atomic mass is 35.5. The van der Waals surface area contributed by atoms with Crippen molar-refractivity contribution in [3.05, 3.63) is 99.5 Å². The van der Waals surface area contributed by atoms with Gasteiger partial charge in [0, 0.05) is 26.7 Å². The molecule has 0 aromatic heterocycles. The number of carbonyl (C=O) groups is 1. The number of rotatable bonds is 6. The largest absolute Gasteiger partial charge is 0.383 e. The zero-order valence-electron chi connectivity index (χ0n) is 15.7. The molecule has 0 spiro atoms. The molecular formula is C21H16Cl2N2O4S. The lowest BCUT2D eigenvalue weighted by Crippen LogP contribution is -2.20. The molecule has 0 saturated carbocycles. The molecule has 0 aliphatic rings. The molecule has 154 valence electrons. The average Bonchev–Trinajstić information content (AvgIpc) is 2.70. The van der Waals surface area contributed by atoms with E-state index in [0.717, 1.165) is 6.26 Å². The quantitative estimate of drug-likeness (QED) is 0.331. The van der Waals surface area contributed by atoms with Crippen LogP contribution in [0.25, 0.3) is 0 Å². The van der Waals surface area contributed by atoms with Crippen molar-refractivity contribution in [3.63, 3.8) is 0 Å². The van der Waals surface area contributed by atoms with Crippen molar-refractivity contribution in [2.75, 3.05) is 6.26 Å². The fourth-order valence-corrected chi connectivity index (χ4v) is 3.23. The van der Waals surface area contributed by atoms with Crippen LogP contribution >= 0.6 is 23.2 Å². The molecule has 0 saturated heterocycles.